The van der Waals surface area contributed by atoms with Gasteiger partial charge in [-0.2, -0.15) is 0 Å². The molecule has 0 saturated heterocycles. The third kappa shape index (κ3) is 5.28. The van der Waals surface area contributed by atoms with Crippen LogP contribution in [0.1, 0.15) is 0 Å². The molecule has 0 spiro atoms. The summed E-state index contributed by atoms with van der Waals surface area (Å²) in [5, 5.41) is 17.2. The highest BCUT2D eigenvalue weighted by atomic mass is 16.3. The second-order valence-corrected chi connectivity index (χ2v) is 2.51. The number of primary amides is 1. The molecule has 0 bridgehead atoms. The summed E-state index contributed by atoms with van der Waals surface area (Å²) in [6.07, 6.45) is 1.94. The Kier molecular flexibility index (Phi) is 6.34. The summed E-state index contributed by atoms with van der Waals surface area (Å²) in [6.45, 7) is -0.169. The summed E-state index contributed by atoms with van der Waals surface area (Å²) in [4.78, 5) is 22.8. The third-order valence-corrected chi connectivity index (χ3v) is 1.44. The minimum absolute atomic E-state index is 0.114. The van der Waals surface area contributed by atoms with Crippen LogP contribution >= 0.6 is 0 Å². The van der Waals surface area contributed by atoms with Crippen LogP contribution in [0.15, 0.2) is 12.2 Å². The topological polar surface area (TPSA) is 104 Å². The van der Waals surface area contributed by atoms with Gasteiger partial charge in [0.2, 0.25) is 11.8 Å². The zero-order valence-corrected chi connectivity index (χ0v) is 7.72. The lowest BCUT2D eigenvalue weighted by Gasteiger charge is -2.18. The zero-order chi connectivity index (χ0) is 11.0. The van der Waals surface area contributed by atoms with E-state index in [2.05, 4.69) is 0 Å². The number of carbonyl (C=O) groups is 2. The minimum Gasteiger partial charge on any atom is -0.395 e. The van der Waals surface area contributed by atoms with Gasteiger partial charge < -0.3 is 20.8 Å². The Balaban J connectivity index is 4.20. The van der Waals surface area contributed by atoms with E-state index in [0.29, 0.717) is 0 Å². The predicted octanol–water partition coefficient (Wildman–Crippen LogP) is -2.16. The predicted molar refractivity (Wildman–Crippen MR) is 49.1 cm³/mol. The summed E-state index contributed by atoms with van der Waals surface area (Å²) in [7, 11) is 0. The second kappa shape index (κ2) is 7.05. The van der Waals surface area contributed by atoms with Gasteiger partial charge in [0, 0.05) is 25.2 Å². The van der Waals surface area contributed by atoms with Gasteiger partial charge in [-0.25, -0.2) is 0 Å². The summed E-state index contributed by atoms with van der Waals surface area (Å²) in [5.74, 6) is -1.18. The van der Waals surface area contributed by atoms with Crippen LogP contribution in [0.4, 0.5) is 0 Å². The molecule has 0 heterocycles. The van der Waals surface area contributed by atoms with Crippen molar-refractivity contribution in [3.05, 3.63) is 12.2 Å². The highest BCUT2D eigenvalue weighted by Gasteiger charge is 2.08. The van der Waals surface area contributed by atoms with E-state index in [-0.39, 0.29) is 26.3 Å². The van der Waals surface area contributed by atoms with Crippen molar-refractivity contribution in [3.8, 4) is 0 Å². The summed E-state index contributed by atoms with van der Waals surface area (Å²) < 4.78 is 0. The fourth-order valence-corrected chi connectivity index (χ4v) is 0.832. The van der Waals surface area contributed by atoms with E-state index in [1.54, 1.807) is 0 Å². The molecule has 0 atom stereocenters. The number of hydrogen-bond donors (Lipinski definition) is 3. The lowest BCUT2D eigenvalue weighted by molar-refractivity contribution is -0.127. The third-order valence-electron chi connectivity index (χ3n) is 1.44. The van der Waals surface area contributed by atoms with Crippen LogP contribution in [0.25, 0.3) is 0 Å². The van der Waals surface area contributed by atoms with E-state index >= 15 is 0 Å². The summed E-state index contributed by atoms with van der Waals surface area (Å²) in [5.41, 5.74) is 4.79. The lowest BCUT2D eigenvalue weighted by Crippen LogP contribution is -2.34. The molecule has 0 fully saturated rings. The van der Waals surface area contributed by atoms with Crippen LogP contribution in [0.3, 0.4) is 0 Å². The number of carbonyl (C=O) groups excluding carboxylic acids is 2. The second-order valence-electron chi connectivity index (χ2n) is 2.51. The van der Waals surface area contributed by atoms with E-state index < -0.39 is 11.8 Å². The average molecular weight is 202 g/mol. The van der Waals surface area contributed by atoms with E-state index in [1.807, 2.05) is 0 Å². The number of aliphatic hydroxyl groups excluding tert-OH is 2. The monoisotopic (exact) mass is 202 g/mol. The van der Waals surface area contributed by atoms with Crippen LogP contribution in [-0.2, 0) is 9.59 Å². The van der Waals surface area contributed by atoms with Crippen molar-refractivity contribution in [3.63, 3.8) is 0 Å². The first-order valence-corrected chi connectivity index (χ1v) is 4.10. The van der Waals surface area contributed by atoms with Gasteiger partial charge >= 0.3 is 0 Å². The standard InChI is InChI=1S/C8H14N2O4/c9-7(13)1-2-8(14)10(3-5-11)4-6-12/h1-2,11-12H,3-6H2,(H2,9,13)/b2-1+. The van der Waals surface area contributed by atoms with Gasteiger partial charge in [-0.15, -0.1) is 0 Å². The molecule has 0 aliphatic heterocycles. The molecular formula is C8H14N2O4. The fraction of sp³-hybridized carbons (Fsp3) is 0.500. The largest absolute Gasteiger partial charge is 0.395 e. The Morgan fingerprint density at radius 3 is 2.00 bits per heavy atom. The number of nitrogens with zero attached hydrogens (tertiary/aromatic N) is 1. The molecule has 14 heavy (non-hydrogen) atoms. The Morgan fingerprint density at radius 1 is 1.14 bits per heavy atom. The lowest BCUT2D eigenvalue weighted by atomic mass is 10.4. The van der Waals surface area contributed by atoms with Crippen LogP contribution in [0, 0.1) is 0 Å². The molecule has 80 valence electrons. The van der Waals surface area contributed by atoms with Crippen molar-refractivity contribution in [1.29, 1.82) is 0 Å². The fourth-order valence-electron chi connectivity index (χ4n) is 0.832. The smallest absolute Gasteiger partial charge is 0.246 e. The Bertz CT molecular complexity index is 221. The van der Waals surface area contributed by atoms with Gasteiger partial charge in [0.15, 0.2) is 0 Å². The maximum absolute atomic E-state index is 11.2. The molecule has 6 heteroatoms. The molecule has 0 unspecified atom stereocenters. The van der Waals surface area contributed by atoms with Crippen molar-refractivity contribution >= 4 is 11.8 Å². The molecule has 4 N–H and O–H groups in total. The molecule has 0 aromatic heterocycles. The van der Waals surface area contributed by atoms with Gasteiger partial charge in [-0.05, 0) is 0 Å². The Morgan fingerprint density at radius 2 is 1.64 bits per heavy atom. The molecule has 0 radical (unpaired) electrons. The van der Waals surface area contributed by atoms with Crippen molar-refractivity contribution in [2.24, 2.45) is 5.73 Å². The SMILES string of the molecule is NC(=O)/C=C/C(=O)N(CCO)CCO. The Labute approximate surface area is 81.6 Å². The first kappa shape index (κ1) is 12.6. The van der Waals surface area contributed by atoms with Gasteiger partial charge in [0.25, 0.3) is 0 Å². The molecule has 0 aromatic rings. The molecule has 0 rings (SSSR count). The van der Waals surface area contributed by atoms with Crippen molar-refractivity contribution in [2.75, 3.05) is 26.3 Å². The van der Waals surface area contributed by atoms with E-state index in [4.69, 9.17) is 15.9 Å². The average Bonchev–Trinajstić information content (AvgIpc) is 2.14. The first-order chi connectivity index (χ1) is 6.61. The normalized spacial score (nSPS) is 10.4. The van der Waals surface area contributed by atoms with Crippen molar-refractivity contribution < 1.29 is 19.8 Å². The van der Waals surface area contributed by atoms with Crippen LogP contribution in [-0.4, -0.2) is 53.2 Å². The van der Waals surface area contributed by atoms with Crippen LogP contribution in [0.2, 0.25) is 0 Å². The maximum Gasteiger partial charge on any atom is 0.246 e. The number of rotatable bonds is 6. The van der Waals surface area contributed by atoms with E-state index in [1.165, 1.54) is 4.90 Å². The molecule has 6 nitrogen and oxygen atoms in total. The van der Waals surface area contributed by atoms with E-state index in [9.17, 15) is 9.59 Å². The quantitative estimate of drug-likeness (QED) is 0.427. The van der Waals surface area contributed by atoms with Crippen LogP contribution < -0.4 is 5.73 Å². The van der Waals surface area contributed by atoms with Crippen LogP contribution in [0.5, 0.6) is 0 Å². The summed E-state index contributed by atoms with van der Waals surface area (Å²) in [6, 6.07) is 0. The maximum atomic E-state index is 11.2. The molecule has 0 aromatic carbocycles. The molecule has 0 aliphatic rings. The zero-order valence-electron chi connectivity index (χ0n) is 7.72. The van der Waals surface area contributed by atoms with E-state index in [0.717, 1.165) is 12.2 Å². The molecular weight excluding hydrogens is 188 g/mol. The summed E-state index contributed by atoms with van der Waals surface area (Å²) >= 11 is 0. The molecule has 0 aliphatic carbocycles. The van der Waals surface area contributed by atoms with Gasteiger partial charge in [0.1, 0.15) is 0 Å². The molecule has 2 amide bonds. The highest BCUT2D eigenvalue weighted by molar-refractivity contribution is 5.95. The van der Waals surface area contributed by atoms with Gasteiger partial charge in [-0.1, -0.05) is 0 Å². The first-order valence-electron chi connectivity index (χ1n) is 4.10. The Hall–Kier alpha value is -1.40. The number of hydrogen-bond acceptors (Lipinski definition) is 4. The number of nitrogens with two attached hydrogens (primary N) is 1. The van der Waals surface area contributed by atoms with Gasteiger partial charge in [0.05, 0.1) is 13.2 Å². The van der Waals surface area contributed by atoms with Crippen molar-refractivity contribution in [1.82, 2.24) is 4.90 Å². The number of aliphatic hydroxyl groups is 2. The number of amides is 2. The minimum atomic E-state index is -0.716. The van der Waals surface area contributed by atoms with Crippen molar-refractivity contribution in [2.45, 2.75) is 0 Å². The highest BCUT2D eigenvalue weighted by Crippen LogP contribution is 1.90. The van der Waals surface area contributed by atoms with Gasteiger partial charge in [-0.3, -0.25) is 9.59 Å². The molecule has 0 saturated carbocycles.